The number of ether oxygens (including phenoxy) is 1. The molecule has 1 aliphatic carbocycles. The van der Waals surface area contributed by atoms with E-state index in [2.05, 4.69) is 35.4 Å². The standard InChI is InChI=1S/C36H42N6O3/c1-25-15-20-30-31(23-25)42(29-18-16-28(17-19-29)38-33-37-21-22-40(33)35(44)45-36(2,3)4)34(43)41(24-26-11-7-5-8-12-26)39-32(30)27-13-9-6-10-14-27/h5,7-8,11-12,15-20,23,27H,6,9-10,13-14,21-22,24H2,1-4H3,(H,37,38). The van der Waals surface area contributed by atoms with Crippen molar-refractivity contribution in [1.82, 2.24) is 9.91 Å². The summed E-state index contributed by atoms with van der Waals surface area (Å²) in [7, 11) is 0. The van der Waals surface area contributed by atoms with Crippen molar-refractivity contribution >= 4 is 40.9 Å². The number of benzene rings is 3. The molecule has 0 bridgehead atoms. The average molecular weight is 607 g/mol. The lowest BCUT2D eigenvalue weighted by atomic mass is 9.82. The van der Waals surface area contributed by atoms with Crippen molar-refractivity contribution in [3.8, 4) is 0 Å². The maximum absolute atomic E-state index is 14.5. The third-order valence-corrected chi connectivity index (χ3v) is 8.31. The van der Waals surface area contributed by atoms with Gasteiger partial charge in [-0.25, -0.2) is 19.5 Å². The summed E-state index contributed by atoms with van der Waals surface area (Å²) >= 11 is 0. The minimum Gasteiger partial charge on any atom is -0.443 e. The number of aryl methyl sites for hydroxylation is 1. The minimum atomic E-state index is -0.601. The molecule has 3 amide bonds. The topological polar surface area (TPSA) is 89.8 Å². The van der Waals surface area contributed by atoms with Gasteiger partial charge in [0.05, 0.1) is 36.7 Å². The summed E-state index contributed by atoms with van der Waals surface area (Å²) in [6.45, 7) is 8.92. The van der Waals surface area contributed by atoms with Crippen molar-refractivity contribution in [2.75, 3.05) is 23.3 Å². The number of urea groups is 1. The molecule has 1 saturated carbocycles. The van der Waals surface area contributed by atoms with Gasteiger partial charge >= 0.3 is 12.1 Å². The van der Waals surface area contributed by atoms with Crippen LogP contribution < -0.4 is 10.2 Å². The van der Waals surface area contributed by atoms with Gasteiger partial charge in [-0.3, -0.25) is 9.89 Å². The van der Waals surface area contributed by atoms with Crippen LogP contribution in [0, 0.1) is 12.8 Å². The highest BCUT2D eigenvalue weighted by Crippen LogP contribution is 2.38. The highest BCUT2D eigenvalue weighted by Gasteiger charge is 2.34. The minimum absolute atomic E-state index is 0.200. The molecule has 9 heteroatoms. The van der Waals surface area contributed by atoms with Gasteiger partial charge in [-0.15, -0.1) is 0 Å². The number of rotatable bonds is 5. The Labute approximate surface area is 265 Å². The number of hydrogen-bond donors (Lipinski definition) is 1. The number of nitrogens with zero attached hydrogens (tertiary/aromatic N) is 5. The Morgan fingerprint density at radius 1 is 0.978 bits per heavy atom. The van der Waals surface area contributed by atoms with Gasteiger partial charge in [-0.1, -0.05) is 61.7 Å². The molecule has 0 spiro atoms. The van der Waals surface area contributed by atoms with Crippen molar-refractivity contribution in [1.29, 1.82) is 0 Å². The largest absolute Gasteiger partial charge is 0.443 e. The zero-order valence-corrected chi connectivity index (χ0v) is 26.6. The zero-order chi connectivity index (χ0) is 31.6. The average Bonchev–Trinajstić information content (AvgIpc) is 3.45. The Bertz CT molecular complexity index is 1600. The molecule has 0 saturated heterocycles. The summed E-state index contributed by atoms with van der Waals surface area (Å²) in [5, 5.41) is 10.0. The number of nitrogens with one attached hydrogen (secondary N) is 1. The quantitative estimate of drug-likeness (QED) is 0.318. The lowest BCUT2D eigenvalue weighted by Crippen LogP contribution is -2.41. The second kappa shape index (κ2) is 12.8. The second-order valence-electron chi connectivity index (χ2n) is 13.0. The van der Waals surface area contributed by atoms with Crippen LogP contribution in [0.15, 0.2) is 82.9 Å². The van der Waals surface area contributed by atoms with Gasteiger partial charge in [-0.05, 0) is 82.0 Å². The Hall–Kier alpha value is -4.66. The van der Waals surface area contributed by atoms with E-state index in [0.29, 0.717) is 31.5 Å². The lowest BCUT2D eigenvalue weighted by Gasteiger charge is -2.27. The molecule has 1 N–H and O–H groups in total. The van der Waals surface area contributed by atoms with Crippen LogP contribution in [0.1, 0.15) is 69.6 Å². The van der Waals surface area contributed by atoms with Crippen LogP contribution in [0.4, 0.5) is 26.7 Å². The number of fused-ring (bicyclic) bond motifs is 1. The Morgan fingerprint density at radius 2 is 1.71 bits per heavy atom. The first kappa shape index (κ1) is 30.4. The fourth-order valence-corrected chi connectivity index (χ4v) is 6.15. The molecule has 45 heavy (non-hydrogen) atoms. The normalized spacial score (nSPS) is 17.4. The van der Waals surface area contributed by atoms with Gasteiger partial charge < -0.3 is 10.1 Å². The fraction of sp³-hybridized carbons (Fsp3) is 0.389. The molecule has 3 aromatic rings. The van der Waals surface area contributed by atoms with Crippen molar-refractivity contribution in [2.24, 2.45) is 16.0 Å². The third kappa shape index (κ3) is 6.87. The van der Waals surface area contributed by atoms with E-state index in [-0.39, 0.29) is 6.03 Å². The molecule has 1 fully saturated rings. The Balaban J connectivity index is 1.33. The smallest absolute Gasteiger partial charge is 0.417 e. The molecule has 9 nitrogen and oxygen atoms in total. The summed E-state index contributed by atoms with van der Waals surface area (Å²) in [6.07, 6.45) is 5.30. The van der Waals surface area contributed by atoms with Crippen LogP contribution in [0.2, 0.25) is 0 Å². The summed E-state index contributed by atoms with van der Waals surface area (Å²) in [4.78, 5) is 35.0. The summed E-state index contributed by atoms with van der Waals surface area (Å²) in [6, 6.07) is 23.8. The van der Waals surface area contributed by atoms with Crippen molar-refractivity contribution in [3.05, 3.63) is 89.5 Å². The Morgan fingerprint density at radius 3 is 2.42 bits per heavy atom. The summed E-state index contributed by atoms with van der Waals surface area (Å²) in [5.41, 5.74) is 5.82. The SMILES string of the molecule is Cc1ccc2c(c1)N(c1ccc(NC3=NCCN3C(=O)OC(C)(C)C)cc1)C(=O)N(Cc1ccccc1)N=C2C1CCCCC1. The number of guanidine groups is 1. The first-order valence-corrected chi connectivity index (χ1v) is 15.9. The number of aliphatic imine (C=N–C) groups is 1. The van der Waals surface area contributed by atoms with Crippen molar-refractivity contribution in [3.63, 3.8) is 0 Å². The van der Waals surface area contributed by atoms with Gasteiger partial charge in [0.25, 0.3) is 0 Å². The molecule has 3 aromatic carbocycles. The molecule has 0 aromatic heterocycles. The molecule has 3 aliphatic rings. The molecule has 2 aliphatic heterocycles. The molecular weight excluding hydrogens is 564 g/mol. The van der Waals surface area contributed by atoms with E-state index in [1.165, 1.54) is 24.2 Å². The van der Waals surface area contributed by atoms with Gasteiger partial charge in [0.2, 0.25) is 5.96 Å². The first-order valence-electron chi connectivity index (χ1n) is 15.9. The van der Waals surface area contributed by atoms with Gasteiger partial charge in [0.1, 0.15) is 5.60 Å². The van der Waals surface area contributed by atoms with Crippen molar-refractivity contribution < 1.29 is 14.3 Å². The fourth-order valence-electron chi connectivity index (χ4n) is 6.15. The number of amides is 3. The monoisotopic (exact) mass is 606 g/mol. The van der Waals surface area contributed by atoms with E-state index in [9.17, 15) is 9.59 Å². The van der Waals surface area contributed by atoms with E-state index in [0.717, 1.165) is 52.3 Å². The number of carbonyl (C=O) groups excluding carboxylic acids is 2. The van der Waals surface area contributed by atoms with E-state index < -0.39 is 11.7 Å². The maximum atomic E-state index is 14.5. The first-order chi connectivity index (χ1) is 21.7. The Kier molecular flexibility index (Phi) is 8.61. The molecule has 2 heterocycles. The highest BCUT2D eigenvalue weighted by molar-refractivity contribution is 6.14. The zero-order valence-electron chi connectivity index (χ0n) is 26.6. The predicted molar refractivity (Wildman–Crippen MR) is 179 cm³/mol. The number of carbonyl (C=O) groups is 2. The van der Waals surface area contributed by atoms with Crippen LogP contribution in [0.25, 0.3) is 0 Å². The predicted octanol–water partition coefficient (Wildman–Crippen LogP) is 8.07. The van der Waals surface area contributed by atoms with E-state index in [1.807, 2.05) is 75.4 Å². The van der Waals surface area contributed by atoms with Crippen molar-refractivity contribution in [2.45, 2.75) is 71.9 Å². The van der Waals surface area contributed by atoms with Gasteiger partial charge in [0, 0.05) is 17.2 Å². The summed E-state index contributed by atoms with van der Waals surface area (Å²) < 4.78 is 5.57. The molecule has 0 atom stereocenters. The van der Waals surface area contributed by atoms with E-state index in [1.54, 1.807) is 9.91 Å². The maximum Gasteiger partial charge on any atom is 0.417 e. The van der Waals surface area contributed by atoms with Gasteiger partial charge in [0.15, 0.2) is 0 Å². The summed E-state index contributed by atoms with van der Waals surface area (Å²) in [5.74, 6) is 0.751. The molecule has 0 radical (unpaired) electrons. The number of hydrazone groups is 1. The molecular formula is C36H42N6O3. The molecule has 6 rings (SSSR count). The number of anilines is 3. The molecule has 234 valence electrons. The van der Waals surface area contributed by atoms with E-state index >= 15 is 0 Å². The van der Waals surface area contributed by atoms with Crippen LogP contribution >= 0.6 is 0 Å². The van der Waals surface area contributed by atoms with Crippen LogP contribution in [0.3, 0.4) is 0 Å². The van der Waals surface area contributed by atoms with Crippen LogP contribution in [0.5, 0.6) is 0 Å². The molecule has 0 unspecified atom stereocenters. The van der Waals surface area contributed by atoms with Crippen LogP contribution in [-0.4, -0.2) is 52.4 Å². The highest BCUT2D eigenvalue weighted by atomic mass is 16.6. The van der Waals surface area contributed by atoms with Gasteiger partial charge in [-0.2, -0.15) is 5.10 Å². The lowest BCUT2D eigenvalue weighted by molar-refractivity contribution is 0.0384. The second-order valence-corrected chi connectivity index (χ2v) is 13.0. The van der Waals surface area contributed by atoms with Crippen LogP contribution in [-0.2, 0) is 11.3 Å². The third-order valence-electron chi connectivity index (χ3n) is 8.31. The number of hydrogen-bond acceptors (Lipinski definition) is 6. The van der Waals surface area contributed by atoms with E-state index in [4.69, 9.17) is 9.84 Å².